The zero-order chi connectivity index (χ0) is 9.90. The van der Waals surface area contributed by atoms with Crippen molar-refractivity contribution in [1.29, 1.82) is 0 Å². The Morgan fingerprint density at radius 3 is 2.46 bits per heavy atom. The van der Waals surface area contributed by atoms with Crippen LogP contribution in [0.5, 0.6) is 0 Å². The van der Waals surface area contributed by atoms with Crippen LogP contribution in [0.1, 0.15) is 33.6 Å². The third kappa shape index (κ3) is 2.03. The molecular formula is C10H23N3. The van der Waals surface area contributed by atoms with Crippen LogP contribution in [0.4, 0.5) is 0 Å². The van der Waals surface area contributed by atoms with Crippen molar-refractivity contribution >= 4 is 0 Å². The van der Waals surface area contributed by atoms with Crippen LogP contribution in [-0.2, 0) is 0 Å². The molecule has 1 rings (SSSR count). The molecule has 0 amide bonds. The third-order valence-corrected chi connectivity index (χ3v) is 3.40. The lowest BCUT2D eigenvalue weighted by Gasteiger charge is -2.49. The van der Waals surface area contributed by atoms with Crippen molar-refractivity contribution < 1.29 is 0 Å². The molecule has 1 heterocycles. The number of nitrogens with one attached hydrogen (secondary N) is 1. The van der Waals surface area contributed by atoms with Crippen molar-refractivity contribution in [2.24, 2.45) is 5.73 Å². The second-order valence-electron chi connectivity index (χ2n) is 4.04. The molecule has 0 aromatic rings. The van der Waals surface area contributed by atoms with Gasteiger partial charge in [0.15, 0.2) is 0 Å². The van der Waals surface area contributed by atoms with E-state index >= 15 is 0 Å². The summed E-state index contributed by atoms with van der Waals surface area (Å²) in [7, 11) is 0. The smallest absolute Gasteiger partial charge is 0.0548 e. The fourth-order valence-electron chi connectivity index (χ4n) is 2.40. The lowest BCUT2D eigenvalue weighted by atomic mass is 9.88. The summed E-state index contributed by atoms with van der Waals surface area (Å²) in [6.45, 7) is 9.84. The minimum absolute atomic E-state index is 0.182. The predicted molar refractivity (Wildman–Crippen MR) is 56.5 cm³/mol. The Morgan fingerprint density at radius 1 is 1.46 bits per heavy atom. The monoisotopic (exact) mass is 185 g/mol. The van der Waals surface area contributed by atoms with Crippen molar-refractivity contribution in [2.45, 2.75) is 45.3 Å². The Morgan fingerprint density at radius 2 is 2.08 bits per heavy atom. The van der Waals surface area contributed by atoms with Gasteiger partial charge in [0.2, 0.25) is 0 Å². The van der Waals surface area contributed by atoms with Crippen LogP contribution in [0.2, 0.25) is 0 Å². The molecule has 3 N–H and O–H groups in total. The second kappa shape index (κ2) is 4.40. The van der Waals surface area contributed by atoms with E-state index in [9.17, 15) is 0 Å². The Balaban J connectivity index is 2.75. The van der Waals surface area contributed by atoms with Crippen molar-refractivity contribution in [3.8, 4) is 0 Å². The van der Waals surface area contributed by atoms with E-state index in [2.05, 4.69) is 31.0 Å². The number of piperazine rings is 1. The highest BCUT2D eigenvalue weighted by Gasteiger charge is 2.36. The maximum absolute atomic E-state index is 5.99. The molecule has 1 unspecified atom stereocenters. The zero-order valence-corrected chi connectivity index (χ0v) is 9.14. The SMILES string of the molecule is CCC1(CC)CNCCN1C(C)N. The molecule has 13 heavy (non-hydrogen) atoms. The van der Waals surface area contributed by atoms with Crippen molar-refractivity contribution in [2.75, 3.05) is 19.6 Å². The summed E-state index contributed by atoms with van der Waals surface area (Å²) < 4.78 is 0. The number of hydrogen-bond donors (Lipinski definition) is 2. The van der Waals surface area contributed by atoms with Gasteiger partial charge in [-0.25, -0.2) is 0 Å². The van der Waals surface area contributed by atoms with Crippen LogP contribution < -0.4 is 11.1 Å². The molecule has 3 nitrogen and oxygen atoms in total. The van der Waals surface area contributed by atoms with Gasteiger partial charge in [-0.2, -0.15) is 0 Å². The molecule has 0 aliphatic carbocycles. The summed E-state index contributed by atoms with van der Waals surface area (Å²) in [6, 6.07) is 0. The number of rotatable bonds is 3. The van der Waals surface area contributed by atoms with Crippen LogP contribution >= 0.6 is 0 Å². The summed E-state index contributed by atoms with van der Waals surface area (Å²) in [5.74, 6) is 0. The van der Waals surface area contributed by atoms with Gasteiger partial charge in [0.05, 0.1) is 6.17 Å². The van der Waals surface area contributed by atoms with Crippen molar-refractivity contribution in [3.63, 3.8) is 0 Å². The standard InChI is InChI=1S/C10H23N3/c1-4-10(5-2)8-12-6-7-13(10)9(3)11/h9,12H,4-8,11H2,1-3H3. The van der Waals surface area contributed by atoms with Crippen molar-refractivity contribution in [3.05, 3.63) is 0 Å². The largest absolute Gasteiger partial charge is 0.316 e. The van der Waals surface area contributed by atoms with E-state index in [0.29, 0.717) is 5.54 Å². The first-order chi connectivity index (χ1) is 6.16. The first kappa shape index (κ1) is 11.0. The maximum Gasteiger partial charge on any atom is 0.0548 e. The third-order valence-electron chi connectivity index (χ3n) is 3.40. The van der Waals surface area contributed by atoms with E-state index in [0.717, 1.165) is 19.6 Å². The van der Waals surface area contributed by atoms with E-state index < -0.39 is 0 Å². The first-order valence-corrected chi connectivity index (χ1v) is 5.39. The van der Waals surface area contributed by atoms with Crippen LogP contribution in [0, 0.1) is 0 Å². The van der Waals surface area contributed by atoms with Gasteiger partial charge < -0.3 is 11.1 Å². The lowest BCUT2D eigenvalue weighted by molar-refractivity contribution is 0.0209. The van der Waals surface area contributed by atoms with E-state index in [1.165, 1.54) is 12.8 Å². The number of nitrogens with zero attached hydrogens (tertiary/aromatic N) is 1. The van der Waals surface area contributed by atoms with Gasteiger partial charge in [-0.05, 0) is 19.8 Å². The lowest BCUT2D eigenvalue weighted by Crippen LogP contribution is -2.64. The van der Waals surface area contributed by atoms with Gasteiger partial charge in [0.25, 0.3) is 0 Å². The minimum atomic E-state index is 0.182. The molecule has 0 saturated carbocycles. The summed E-state index contributed by atoms with van der Waals surface area (Å²) in [6.07, 6.45) is 2.54. The van der Waals surface area contributed by atoms with E-state index in [-0.39, 0.29) is 6.17 Å². The normalized spacial score (nSPS) is 25.8. The molecule has 78 valence electrons. The molecule has 1 aliphatic rings. The Hall–Kier alpha value is -0.120. The van der Waals surface area contributed by atoms with Crippen LogP contribution in [0.3, 0.4) is 0 Å². The Bertz CT molecular complexity index is 152. The molecule has 1 saturated heterocycles. The Labute approximate surface area is 81.7 Å². The second-order valence-corrected chi connectivity index (χ2v) is 4.04. The number of nitrogens with two attached hydrogens (primary N) is 1. The first-order valence-electron chi connectivity index (χ1n) is 5.39. The van der Waals surface area contributed by atoms with Crippen LogP contribution in [-0.4, -0.2) is 36.2 Å². The summed E-state index contributed by atoms with van der Waals surface area (Å²) in [5, 5.41) is 3.47. The van der Waals surface area contributed by atoms with E-state index in [1.54, 1.807) is 0 Å². The predicted octanol–water partition coefficient (Wildman–Crippen LogP) is 0.755. The van der Waals surface area contributed by atoms with Gasteiger partial charge in [-0.15, -0.1) is 0 Å². The summed E-state index contributed by atoms with van der Waals surface area (Å²) in [4.78, 5) is 2.45. The molecule has 1 atom stereocenters. The van der Waals surface area contributed by atoms with E-state index in [1.807, 2.05) is 0 Å². The van der Waals surface area contributed by atoms with Crippen LogP contribution in [0.15, 0.2) is 0 Å². The molecule has 0 bridgehead atoms. The highest BCUT2D eigenvalue weighted by atomic mass is 15.3. The quantitative estimate of drug-likeness (QED) is 0.682. The molecule has 0 aromatic carbocycles. The van der Waals surface area contributed by atoms with Gasteiger partial charge in [-0.3, -0.25) is 4.90 Å². The molecule has 0 spiro atoms. The van der Waals surface area contributed by atoms with E-state index in [4.69, 9.17) is 5.73 Å². The highest BCUT2D eigenvalue weighted by molar-refractivity contribution is 4.95. The van der Waals surface area contributed by atoms with Gasteiger partial charge in [-0.1, -0.05) is 13.8 Å². The average Bonchev–Trinajstić information content (AvgIpc) is 2.17. The zero-order valence-electron chi connectivity index (χ0n) is 9.14. The van der Waals surface area contributed by atoms with Crippen molar-refractivity contribution in [1.82, 2.24) is 10.2 Å². The molecular weight excluding hydrogens is 162 g/mol. The van der Waals surface area contributed by atoms with Gasteiger partial charge in [0.1, 0.15) is 0 Å². The maximum atomic E-state index is 5.99. The Kier molecular flexibility index (Phi) is 3.71. The topological polar surface area (TPSA) is 41.3 Å². The van der Waals surface area contributed by atoms with Gasteiger partial charge in [0, 0.05) is 25.2 Å². The average molecular weight is 185 g/mol. The molecule has 0 radical (unpaired) electrons. The molecule has 1 fully saturated rings. The summed E-state index contributed by atoms with van der Waals surface area (Å²) in [5.41, 5.74) is 6.29. The fraction of sp³-hybridized carbons (Fsp3) is 1.00. The molecule has 0 aromatic heterocycles. The number of hydrogen-bond acceptors (Lipinski definition) is 3. The molecule has 1 aliphatic heterocycles. The molecule has 3 heteroatoms. The minimum Gasteiger partial charge on any atom is -0.316 e. The van der Waals surface area contributed by atoms with Crippen LogP contribution in [0.25, 0.3) is 0 Å². The summed E-state index contributed by atoms with van der Waals surface area (Å²) >= 11 is 0. The van der Waals surface area contributed by atoms with Gasteiger partial charge >= 0.3 is 0 Å². The fourth-order valence-corrected chi connectivity index (χ4v) is 2.40. The highest BCUT2D eigenvalue weighted by Crippen LogP contribution is 2.26.